The molecule has 2 rings (SSSR count). The van der Waals surface area contributed by atoms with E-state index in [-0.39, 0.29) is 18.2 Å². The van der Waals surface area contributed by atoms with Gasteiger partial charge in [0, 0.05) is 23.6 Å². The summed E-state index contributed by atoms with van der Waals surface area (Å²) in [5, 5.41) is 13.5. The van der Waals surface area contributed by atoms with Crippen LogP contribution in [0.15, 0.2) is 53.7 Å². The third-order valence-electron chi connectivity index (χ3n) is 4.92. The number of phenolic OH excluding ortho intramolecular Hbond substituents is 1. The van der Waals surface area contributed by atoms with Gasteiger partial charge >= 0.3 is 0 Å². The molecule has 0 aliphatic heterocycles. The zero-order valence-electron chi connectivity index (χ0n) is 16.2. The Morgan fingerprint density at radius 3 is 2.23 bits per heavy atom. The van der Waals surface area contributed by atoms with Crippen LogP contribution < -0.4 is 0 Å². The Kier molecular flexibility index (Phi) is 7.34. The van der Waals surface area contributed by atoms with Crippen LogP contribution >= 0.6 is 0 Å². The van der Waals surface area contributed by atoms with Crippen molar-refractivity contribution in [1.82, 2.24) is 4.90 Å². The summed E-state index contributed by atoms with van der Waals surface area (Å²) in [6.45, 7) is 9.91. The van der Waals surface area contributed by atoms with E-state index in [9.17, 15) is 10.0 Å². The Labute approximate surface area is 156 Å². The first-order chi connectivity index (χ1) is 12.4. The van der Waals surface area contributed by atoms with Gasteiger partial charge in [-0.1, -0.05) is 41.6 Å². The summed E-state index contributed by atoms with van der Waals surface area (Å²) in [6.07, 6.45) is 0.895. The first-order valence-electron chi connectivity index (χ1n) is 9.35. The molecule has 0 fully saturated rings. The normalized spacial score (nSPS) is 12.7. The maximum Gasteiger partial charge on any atom is 0.119 e. The maximum absolute atomic E-state index is 10.7. The first-order valence-corrected chi connectivity index (χ1v) is 9.35. The van der Waals surface area contributed by atoms with Crippen molar-refractivity contribution in [2.24, 2.45) is 5.18 Å². The molecule has 0 aromatic heterocycles. The maximum atomic E-state index is 10.7. The second-order valence-corrected chi connectivity index (χ2v) is 7.36. The Morgan fingerprint density at radius 2 is 1.65 bits per heavy atom. The van der Waals surface area contributed by atoms with Crippen LogP contribution in [0.4, 0.5) is 0 Å². The molecule has 1 N–H and O–H groups in total. The first kappa shape index (κ1) is 20.1. The predicted octanol–water partition coefficient (Wildman–Crippen LogP) is 5.30. The number of nitrogens with zero attached hydrogens (tertiary/aromatic N) is 2. The van der Waals surface area contributed by atoms with Gasteiger partial charge in [0.1, 0.15) is 12.3 Å². The molecule has 1 unspecified atom stereocenters. The fourth-order valence-electron chi connectivity index (χ4n) is 3.63. The van der Waals surface area contributed by atoms with Gasteiger partial charge in [-0.3, -0.25) is 4.90 Å². The Morgan fingerprint density at radius 1 is 1.00 bits per heavy atom. The van der Waals surface area contributed by atoms with Crippen molar-refractivity contribution in [3.8, 4) is 5.75 Å². The highest BCUT2D eigenvalue weighted by atomic mass is 16.3. The number of hydrogen-bond donors (Lipinski definition) is 1. The second kappa shape index (κ2) is 9.48. The molecular weight excluding hydrogens is 324 g/mol. The molecule has 0 saturated heterocycles. The standard InChI is InChI=1S/C22H30N2O2/c1-16(2)24(17(3)4)13-12-20(19-8-6-5-7-9-19)21-14-18(15-23-26)10-11-22(21)25/h5-11,14,16-17,20,25H,12-13,15H2,1-4H3. The van der Waals surface area contributed by atoms with Crippen LogP contribution in [0, 0.1) is 4.91 Å². The molecule has 0 radical (unpaired) electrons. The quantitative estimate of drug-likeness (QED) is 0.622. The average Bonchev–Trinajstić information content (AvgIpc) is 2.61. The van der Waals surface area contributed by atoms with Gasteiger partial charge in [0.05, 0.1) is 0 Å². The third-order valence-corrected chi connectivity index (χ3v) is 4.92. The molecule has 0 aliphatic rings. The Bertz CT molecular complexity index is 691. The fraction of sp³-hybridized carbons (Fsp3) is 0.455. The van der Waals surface area contributed by atoms with Gasteiger partial charge in [-0.2, -0.15) is 4.91 Å². The minimum absolute atomic E-state index is 0.0720. The summed E-state index contributed by atoms with van der Waals surface area (Å²) in [6, 6.07) is 16.5. The molecule has 2 aromatic rings. The van der Waals surface area contributed by atoms with E-state index in [1.807, 2.05) is 24.3 Å². The largest absolute Gasteiger partial charge is 0.508 e. The minimum Gasteiger partial charge on any atom is -0.508 e. The lowest BCUT2D eigenvalue weighted by Crippen LogP contribution is -2.38. The monoisotopic (exact) mass is 354 g/mol. The van der Waals surface area contributed by atoms with Gasteiger partial charge in [-0.15, -0.1) is 0 Å². The summed E-state index contributed by atoms with van der Waals surface area (Å²) < 4.78 is 0. The summed E-state index contributed by atoms with van der Waals surface area (Å²) in [7, 11) is 0. The number of aromatic hydroxyl groups is 1. The van der Waals surface area contributed by atoms with Gasteiger partial charge < -0.3 is 5.11 Å². The van der Waals surface area contributed by atoms with Crippen molar-refractivity contribution in [1.29, 1.82) is 0 Å². The molecule has 0 bridgehead atoms. The lowest BCUT2D eigenvalue weighted by atomic mass is 9.86. The molecule has 140 valence electrons. The highest BCUT2D eigenvalue weighted by molar-refractivity contribution is 5.43. The number of phenols is 1. The van der Waals surface area contributed by atoms with Crippen molar-refractivity contribution >= 4 is 0 Å². The molecule has 0 amide bonds. The van der Waals surface area contributed by atoms with Gasteiger partial charge in [-0.05, 0) is 63.9 Å². The second-order valence-electron chi connectivity index (χ2n) is 7.36. The van der Waals surface area contributed by atoms with Crippen LogP contribution in [-0.2, 0) is 6.54 Å². The molecule has 4 nitrogen and oxygen atoms in total. The van der Waals surface area contributed by atoms with E-state index < -0.39 is 0 Å². The molecule has 0 saturated carbocycles. The van der Waals surface area contributed by atoms with Crippen LogP contribution in [-0.4, -0.2) is 28.6 Å². The Hall–Kier alpha value is -2.20. The van der Waals surface area contributed by atoms with E-state index in [2.05, 4.69) is 49.9 Å². The molecule has 26 heavy (non-hydrogen) atoms. The molecule has 0 aliphatic carbocycles. The van der Waals surface area contributed by atoms with Gasteiger partial charge in [0.2, 0.25) is 0 Å². The van der Waals surface area contributed by atoms with Crippen molar-refractivity contribution in [2.45, 2.75) is 58.7 Å². The topological polar surface area (TPSA) is 52.9 Å². The van der Waals surface area contributed by atoms with E-state index in [1.165, 1.54) is 5.56 Å². The lowest BCUT2D eigenvalue weighted by Gasteiger charge is -2.32. The zero-order chi connectivity index (χ0) is 19.1. The fourth-order valence-corrected chi connectivity index (χ4v) is 3.63. The smallest absolute Gasteiger partial charge is 0.119 e. The van der Waals surface area contributed by atoms with E-state index >= 15 is 0 Å². The summed E-state index contributed by atoms with van der Waals surface area (Å²) in [4.78, 5) is 13.1. The summed E-state index contributed by atoms with van der Waals surface area (Å²) >= 11 is 0. The van der Waals surface area contributed by atoms with E-state index in [0.29, 0.717) is 12.1 Å². The molecule has 4 heteroatoms. The molecular formula is C22H30N2O2. The van der Waals surface area contributed by atoms with Crippen LogP contribution in [0.5, 0.6) is 5.75 Å². The zero-order valence-corrected chi connectivity index (χ0v) is 16.2. The third kappa shape index (κ3) is 5.15. The Balaban J connectivity index is 2.36. The van der Waals surface area contributed by atoms with E-state index in [0.717, 1.165) is 24.1 Å². The van der Waals surface area contributed by atoms with Crippen molar-refractivity contribution in [3.05, 3.63) is 70.1 Å². The number of benzene rings is 2. The molecule has 0 spiro atoms. The number of rotatable bonds is 9. The van der Waals surface area contributed by atoms with Crippen molar-refractivity contribution in [2.75, 3.05) is 6.54 Å². The highest BCUT2D eigenvalue weighted by Crippen LogP contribution is 2.35. The van der Waals surface area contributed by atoms with Crippen molar-refractivity contribution < 1.29 is 5.11 Å². The van der Waals surface area contributed by atoms with E-state index in [4.69, 9.17) is 0 Å². The predicted molar refractivity (Wildman–Crippen MR) is 107 cm³/mol. The van der Waals surface area contributed by atoms with Crippen LogP contribution in [0.1, 0.15) is 56.7 Å². The SMILES string of the molecule is CC(C)N(CCC(c1ccccc1)c1cc(CN=O)ccc1O)C(C)C. The van der Waals surface area contributed by atoms with Crippen molar-refractivity contribution in [3.63, 3.8) is 0 Å². The van der Waals surface area contributed by atoms with Gasteiger partial charge in [0.15, 0.2) is 0 Å². The van der Waals surface area contributed by atoms with Gasteiger partial charge in [0.25, 0.3) is 0 Å². The molecule has 2 aromatic carbocycles. The summed E-state index contributed by atoms with van der Waals surface area (Å²) in [5.74, 6) is 0.344. The summed E-state index contributed by atoms with van der Waals surface area (Å²) in [5.41, 5.74) is 2.87. The number of hydrogen-bond acceptors (Lipinski definition) is 4. The van der Waals surface area contributed by atoms with E-state index in [1.54, 1.807) is 12.1 Å². The lowest BCUT2D eigenvalue weighted by molar-refractivity contribution is 0.170. The van der Waals surface area contributed by atoms with Gasteiger partial charge in [-0.25, -0.2) is 0 Å². The van der Waals surface area contributed by atoms with Crippen LogP contribution in [0.25, 0.3) is 0 Å². The molecule has 0 heterocycles. The average molecular weight is 354 g/mol. The molecule has 1 atom stereocenters. The van der Waals surface area contributed by atoms with Crippen LogP contribution in [0.2, 0.25) is 0 Å². The van der Waals surface area contributed by atoms with Crippen LogP contribution in [0.3, 0.4) is 0 Å². The number of nitroso groups, excluding NO2 is 1. The highest BCUT2D eigenvalue weighted by Gasteiger charge is 2.21. The minimum atomic E-state index is 0.0720.